The smallest absolute Gasteiger partial charge is 0.274 e. The first kappa shape index (κ1) is 15.1. The Morgan fingerprint density at radius 2 is 2.11 bits per heavy atom. The van der Waals surface area contributed by atoms with Gasteiger partial charge in [-0.1, -0.05) is 19.9 Å². The number of hydrogen-bond donors (Lipinski definition) is 2. The van der Waals surface area contributed by atoms with Crippen LogP contribution in [0.4, 0.5) is 11.4 Å². The first-order valence-electron chi connectivity index (χ1n) is 6.11. The van der Waals surface area contributed by atoms with E-state index in [2.05, 4.69) is 5.32 Å². The monoisotopic (exact) mass is 265 g/mol. The third-order valence-corrected chi connectivity index (χ3v) is 2.97. The lowest BCUT2D eigenvalue weighted by atomic mass is 10.0. The summed E-state index contributed by atoms with van der Waals surface area (Å²) in [5, 5.41) is 13.4. The lowest BCUT2D eigenvalue weighted by Crippen LogP contribution is -2.31. The number of hydrogen-bond acceptors (Lipinski definition) is 4. The Bertz CT molecular complexity index is 486. The van der Waals surface area contributed by atoms with E-state index < -0.39 is 4.92 Å². The Labute approximate surface area is 112 Å². The molecular formula is C13H19N3O3. The Morgan fingerprint density at radius 3 is 2.63 bits per heavy atom. The van der Waals surface area contributed by atoms with E-state index in [4.69, 9.17) is 5.73 Å². The molecular weight excluding hydrogens is 246 g/mol. The quantitative estimate of drug-likeness (QED) is 0.630. The van der Waals surface area contributed by atoms with Crippen molar-refractivity contribution in [3.05, 3.63) is 33.9 Å². The minimum absolute atomic E-state index is 0.00837. The summed E-state index contributed by atoms with van der Waals surface area (Å²) < 4.78 is 0. The predicted molar refractivity (Wildman–Crippen MR) is 73.9 cm³/mol. The molecule has 0 fully saturated rings. The Balaban J connectivity index is 2.75. The molecule has 0 saturated heterocycles. The summed E-state index contributed by atoms with van der Waals surface area (Å²) in [4.78, 5) is 22.1. The maximum absolute atomic E-state index is 11.7. The van der Waals surface area contributed by atoms with E-state index in [-0.39, 0.29) is 30.0 Å². The number of amides is 1. The minimum atomic E-state index is -0.467. The largest absolute Gasteiger partial charge is 0.327 e. The topological polar surface area (TPSA) is 98.3 Å². The van der Waals surface area contributed by atoms with Crippen molar-refractivity contribution >= 4 is 17.3 Å². The van der Waals surface area contributed by atoms with Gasteiger partial charge in [-0.2, -0.15) is 0 Å². The molecule has 0 heterocycles. The Kier molecular flexibility index (Phi) is 5.00. The molecule has 3 N–H and O–H groups in total. The van der Waals surface area contributed by atoms with Crippen molar-refractivity contribution in [2.45, 2.75) is 33.2 Å². The van der Waals surface area contributed by atoms with E-state index in [0.29, 0.717) is 11.3 Å². The average molecular weight is 265 g/mol. The van der Waals surface area contributed by atoms with E-state index in [1.807, 2.05) is 13.8 Å². The first-order chi connectivity index (χ1) is 8.81. The zero-order valence-electron chi connectivity index (χ0n) is 11.3. The number of nitrogens with zero attached hydrogens (tertiary/aromatic N) is 1. The second-order valence-corrected chi connectivity index (χ2v) is 4.92. The van der Waals surface area contributed by atoms with Crippen LogP contribution in [0.1, 0.15) is 25.8 Å². The molecule has 1 atom stereocenters. The molecule has 1 unspecified atom stereocenters. The first-order valence-corrected chi connectivity index (χ1v) is 6.11. The standard InChI is InChI=1S/C13H19N3O3/c1-8(2)11(14)7-13(17)15-10-5-4-9(3)12(6-10)16(18)19/h4-6,8,11H,7,14H2,1-3H3,(H,15,17). The van der Waals surface area contributed by atoms with Gasteiger partial charge in [0.2, 0.25) is 5.91 Å². The molecule has 0 radical (unpaired) electrons. The van der Waals surface area contributed by atoms with Gasteiger partial charge in [0, 0.05) is 29.8 Å². The molecule has 0 spiro atoms. The van der Waals surface area contributed by atoms with Crippen LogP contribution in [0.3, 0.4) is 0 Å². The van der Waals surface area contributed by atoms with Gasteiger partial charge < -0.3 is 11.1 Å². The number of aryl methyl sites for hydroxylation is 1. The van der Waals surface area contributed by atoms with Crippen molar-refractivity contribution in [3.63, 3.8) is 0 Å². The fourth-order valence-corrected chi connectivity index (χ4v) is 1.55. The molecule has 6 heteroatoms. The number of rotatable bonds is 5. The molecule has 1 amide bonds. The normalized spacial score (nSPS) is 12.3. The molecule has 0 aliphatic rings. The number of nitrogens with two attached hydrogens (primary N) is 1. The maximum Gasteiger partial charge on any atom is 0.274 e. The van der Waals surface area contributed by atoms with Crippen LogP contribution in [-0.4, -0.2) is 16.9 Å². The van der Waals surface area contributed by atoms with Crippen molar-refractivity contribution < 1.29 is 9.72 Å². The number of anilines is 1. The van der Waals surface area contributed by atoms with Gasteiger partial charge in [0.05, 0.1) is 4.92 Å². The van der Waals surface area contributed by atoms with Crippen LogP contribution < -0.4 is 11.1 Å². The zero-order chi connectivity index (χ0) is 14.6. The van der Waals surface area contributed by atoms with E-state index in [0.717, 1.165) is 0 Å². The highest BCUT2D eigenvalue weighted by Gasteiger charge is 2.15. The van der Waals surface area contributed by atoms with Gasteiger partial charge in [0.1, 0.15) is 0 Å². The zero-order valence-corrected chi connectivity index (χ0v) is 11.3. The van der Waals surface area contributed by atoms with Crippen LogP contribution in [0.5, 0.6) is 0 Å². The van der Waals surface area contributed by atoms with E-state index in [9.17, 15) is 14.9 Å². The average Bonchev–Trinajstić information content (AvgIpc) is 2.30. The molecule has 0 aromatic heterocycles. The molecule has 6 nitrogen and oxygen atoms in total. The third-order valence-electron chi connectivity index (χ3n) is 2.97. The predicted octanol–water partition coefficient (Wildman–Crippen LogP) is 2.22. The summed E-state index contributed by atoms with van der Waals surface area (Å²) in [5.74, 6) is -0.0301. The maximum atomic E-state index is 11.7. The number of nitrogens with one attached hydrogen (secondary N) is 1. The molecule has 19 heavy (non-hydrogen) atoms. The van der Waals surface area contributed by atoms with E-state index in [1.165, 1.54) is 6.07 Å². The number of carbonyl (C=O) groups is 1. The van der Waals surface area contributed by atoms with Gasteiger partial charge in [0.15, 0.2) is 0 Å². The van der Waals surface area contributed by atoms with Crippen molar-refractivity contribution in [2.75, 3.05) is 5.32 Å². The van der Waals surface area contributed by atoms with Gasteiger partial charge in [-0.15, -0.1) is 0 Å². The lowest BCUT2D eigenvalue weighted by molar-refractivity contribution is -0.385. The van der Waals surface area contributed by atoms with Gasteiger partial charge in [0.25, 0.3) is 5.69 Å². The van der Waals surface area contributed by atoms with Gasteiger partial charge in [-0.3, -0.25) is 14.9 Å². The van der Waals surface area contributed by atoms with Gasteiger partial charge >= 0.3 is 0 Å². The fourth-order valence-electron chi connectivity index (χ4n) is 1.55. The van der Waals surface area contributed by atoms with Crippen molar-refractivity contribution in [1.82, 2.24) is 0 Å². The van der Waals surface area contributed by atoms with Crippen LogP contribution in [0.15, 0.2) is 18.2 Å². The molecule has 0 aliphatic carbocycles. The third kappa shape index (κ3) is 4.33. The van der Waals surface area contributed by atoms with E-state index >= 15 is 0 Å². The van der Waals surface area contributed by atoms with Gasteiger partial charge in [-0.05, 0) is 18.9 Å². The molecule has 0 bridgehead atoms. The summed E-state index contributed by atoms with van der Waals surface area (Å²) in [6.45, 7) is 5.53. The summed E-state index contributed by atoms with van der Waals surface area (Å²) in [5.41, 5.74) is 6.77. The molecule has 104 valence electrons. The van der Waals surface area contributed by atoms with Crippen LogP contribution in [0.2, 0.25) is 0 Å². The number of nitro benzene ring substituents is 1. The van der Waals surface area contributed by atoms with Crippen LogP contribution in [0, 0.1) is 23.0 Å². The summed E-state index contributed by atoms with van der Waals surface area (Å²) in [6.07, 6.45) is 0.194. The minimum Gasteiger partial charge on any atom is -0.327 e. The van der Waals surface area contributed by atoms with Crippen molar-refractivity contribution in [3.8, 4) is 0 Å². The number of benzene rings is 1. The molecule has 1 rings (SSSR count). The SMILES string of the molecule is Cc1ccc(NC(=O)CC(N)C(C)C)cc1[N+](=O)[O-]. The summed E-state index contributed by atoms with van der Waals surface area (Å²) in [7, 11) is 0. The van der Waals surface area contributed by atoms with Gasteiger partial charge in [-0.25, -0.2) is 0 Å². The highest BCUT2D eigenvalue weighted by atomic mass is 16.6. The van der Waals surface area contributed by atoms with Crippen LogP contribution >= 0.6 is 0 Å². The number of carbonyl (C=O) groups excluding carboxylic acids is 1. The van der Waals surface area contributed by atoms with E-state index in [1.54, 1.807) is 19.1 Å². The summed E-state index contributed by atoms with van der Waals surface area (Å²) in [6, 6.07) is 4.38. The molecule has 0 aliphatic heterocycles. The number of nitro groups is 1. The molecule has 1 aromatic rings. The van der Waals surface area contributed by atoms with Crippen molar-refractivity contribution in [2.24, 2.45) is 11.7 Å². The fraction of sp³-hybridized carbons (Fsp3) is 0.462. The lowest BCUT2D eigenvalue weighted by Gasteiger charge is -2.15. The molecule has 0 saturated carbocycles. The molecule has 1 aromatic carbocycles. The van der Waals surface area contributed by atoms with Crippen molar-refractivity contribution in [1.29, 1.82) is 0 Å². The second kappa shape index (κ2) is 6.29. The van der Waals surface area contributed by atoms with Crippen LogP contribution in [0.25, 0.3) is 0 Å². The second-order valence-electron chi connectivity index (χ2n) is 4.92. The van der Waals surface area contributed by atoms with Crippen LogP contribution in [-0.2, 0) is 4.79 Å². The summed E-state index contributed by atoms with van der Waals surface area (Å²) >= 11 is 0. The highest BCUT2D eigenvalue weighted by Crippen LogP contribution is 2.22. The Morgan fingerprint density at radius 1 is 1.47 bits per heavy atom. The Hall–Kier alpha value is -1.95. The highest BCUT2D eigenvalue weighted by molar-refractivity contribution is 5.91.